The molecule has 3 saturated heterocycles. The van der Waals surface area contributed by atoms with Crippen molar-refractivity contribution in [2.75, 3.05) is 50.0 Å². The van der Waals surface area contributed by atoms with Crippen molar-refractivity contribution in [3.63, 3.8) is 0 Å². The van der Waals surface area contributed by atoms with E-state index in [2.05, 4.69) is 73.9 Å². The summed E-state index contributed by atoms with van der Waals surface area (Å²) in [5, 5.41) is 10.3. The quantitative estimate of drug-likeness (QED) is 0.387. The Morgan fingerprint density at radius 2 is 1.80 bits per heavy atom. The van der Waals surface area contributed by atoms with Crippen LogP contribution in [0, 0.1) is 6.92 Å². The van der Waals surface area contributed by atoms with Crippen molar-refractivity contribution >= 4 is 23.2 Å². The molecule has 2 N–H and O–H groups in total. The summed E-state index contributed by atoms with van der Waals surface area (Å²) in [5.41, 5.74) is 6.57. The number of aromatic nitrogens is 2. The molecule has 7 rings (SSSR count). The van der Waals surface area contributed by atoms with Gasteiger partial charge in [-0.3, -0.25) is 24.6 Å². The van der Waals surface area contributed by atoms with Crippen molar-refractivity contribution in [2.24, 2.45) is 7.05 Å². The van der Waals surface area contributed by atoms with E-state index in [0.29, 0.717) is 24.3 Å². The fraction of sp³-hybridized carbons (Fsp3) is 0.500. The molecule has 46 heavy (non-hydrogen) atoms. The van der Waals surface area contributed by atoms with Gasteiger partial charge < -0.3 is 15.1 Å². The van der Waals surface area contributed by atoms with Crippen molar-refractivity contribution in [3.8, 4) is 0 Å². The standard InChI is InChI=1S/C36H45N7O3/c1-24-32(19-37-41(3)35(24)46)38-29-17-28(21-40(2)22-29)26-9-7-25(8-10-26)20-43-16-15-42(23-36(43)13-14-36)30-6-4-5-27(18-30)31-11-12-33(44)39-34(31)45/h4-10,18-19,28-29,31,38H,11-17,20-23H2,1-3H3,(H,39,44,45)/t28-,29+,31?/m1/s1. The summed E-state index contributed by atoms with van der Waals surface area (Å²) < 4.78 is 1.38. The summed E-state index contributed by atoms with van der Waals surface area (Å²) in [6, 6.07) is 17.9. The van der Waals surface area contributed by atoms with Crippen LogP contribution in [0.5, 0.6) is 0 Å². The third-order valence-corrected chi connectivity index (χ3v) is 10.7. The Bertz CT molecular complexity index is 1680. The molecular formula is C36H45N7O3. The van der Waals surface area contributed by atoms with Gasteiger partial charge in [-0.2, -0.15) is 5.10 Å². The Balaban J connectivity index is 0.976. The molecule has 0 bridgehead atoms. The van der Waals surface area contributed by atoms with Gasteiger partial charge in [0.1, 0.15) is 0 Å². The Kier molecular flexibility index (Phi) is 8.19. The van der Waals surface area contributed by atoms with E-state index in [1.165, 1.54) is 34.3 Å². The zero-order chi connectivity index (χ0) is 32.0. The fourth-order valence-corrected chi connectivity index (χ4v) is 7.85. The number of hydrogen-bond donors (Lipinski definition) is 2. The molecule has 4 heterocycles. The highest BCUT2D eigenvalue weighted by molar-refractivity contribution is 6.01. The van der Waals surface area contributed by atoms with Crippen molar-refractivity contribution in [3.05, 3.63) is 87.3 Å². The summed E-state index contributed by atoms with van der Waals surface area (Å²) >= 11 is 0. The molecule has 1 saturated carbocycles. The summed E-state index contributed by atoms with van der Waals surface area (Å²) in [5.74, 6) is -0.190. The average Bonchev–Trinajstić information content (AvgIpc) is 3.82. The molecule has 10 heteroatoms. The number of piperazine rings is 1. The van der Waals surface area contributed by atoms with Gasteiger partial charge in [0.25, 0.3) is 5.56 Å². The van der Waals surface area contributed by atoms with Crippen LogP contribution in [0.25, 0.3) is 0 Å². The third kappa shape index (κ3) is 6.20. The molecule has 10 nitrogen and oxygen atoms in total. The first-order chi connectivity index (χ1) is 22.2. The number of rotatable bonds is 7. The Labute approximate surface area is 270 Å². The molecule has 1 spiro atoms. The minimum atomic E-state index is -0.256. The molecule has 2 amide bonds. The number of benzene rings is 2. The summed E-state index contributed by atoms with van der Waals surface area (Å²) in [6.45, 7) is 7.71. The van der Waals surface area contributed by atoms with E-state index in [1.54, 1.807) is 13.2 Å². The van der Waals surface area contributed by atoms with Crippen LogP contribution < -0.4 is 21.1 Å². The van der Waals surface area contributed by atoms with E-state index in [1.807, 2.05) is 19.1 Å². The molecule has 3 atom stereocenters. The molecule has 242 valence electrons. The molecule has 3 aromatic rings. The van der Waals surface area contributed by atoms with Gasteiger partial charge in [0.15, 0.2) is 0 Å². The number of nitrogens with one attached hydrogen (secondary N) is 2. The summed E-state index contributed by atoms with van der Waals surface area (Å²) in [4.78, 5) is 44.1. The summed E-state index contributed by atoms with van der Waals surface area (Å²) in [6.07, 6.45) is 6.16. The molecule has 2 aromatic carbocycles. The second-order valence-corrected chi connectivity index (χ2v) is 14.0. The lowest BCUT2D eigenvalue weighted by Crippen LogP contribution is -2.54. The maximum atomic E-state index is 12.5. The van der Waals surface area contributed by atoms with E-state index in [4.69, 9.17) is 0 Å². The van der Waals surface area contributed by atoms with Crippen LogP contribution in [0.4, 0.5) is 11.4 Å². The SMILES string of the molecule is Cc1c(N[C@H]2C[C@@H](c3ccc(CN4CCN(c5cccc(C6CCC(=O)NC6=O)c5)CC45CC5)cc3)CN(C)C2)cnn(C)c1=O. The number of amides is 2. The first-order valence-corrected chi connectivity index (χ1v) is 16.7. The lowest BCUT2D eigenvalue weighted by atomic mass is 9.87. The van der Waals surface area contributed by atoms with Crippen LogP contribution in [-0.2, 0) is 23.2 Å². The highest BCUT2D eigenvalue weighted by Crippen LogP contribution is 2.46. The lowest BCUT2D eigenvalue weighted by Gasteiger charge is -2.43. The van der Waals surface area contributed by atoms with Crippen molar-refractivity contribution in [1.82, 2.24) is 24.9 Å². The number of carbonyl (C=O) groups is 2. The Morgan fingerprint density at radius 3 is 2.57 bits per heavy atom. The third-order valence-electron chi connectivity index (χ3n) is 10.7. The number of likely N-dealkylation sites (tertiary alicyclic amines) is 1. The molecule has 1 unspecified atom stereocenters. The van der Waals surface area contributed by atoms with Gasteiger partial charge in [0.2, 0.25) is 11.8 Å². The number of anilines is 2. The first-order valence-electron chi connectivity index (χ1n) is 16.7. The second-order valence-electron chi connectivity index (χ2n) is 14.0. The van der Waals surface area contributed by atoms with Crippen molar-refractivity contribution in [1.29, 1.82) is 0 Å². The molecule has 3 aliphatic heterocycles. The van der Waals surface area contributed by atoms with Gasteiger partial charge >= 0.3 is 0 Å². The van der Waals surface area contributed by atoms with E-state index in [9.17, 15) is 14.4 Å². The van der Waals surface area contributed by atoms with Gasteiger partial charge in [-0.1, -0.05) is 36.4 Å². The molecular weight excluding hydrogens is 578 g/mol. The fourth-order valence-electron chi connectivity index (χ4n) is 7.85. The number of piperidine rings is 2. The number of nitrogens with zero attached hydrogens (tertiary/aromatic N) is 5. The predicted molar refractivity (Wildman–Crippen MR) is 179 cm³/mol. The molecule has 4 aliphatic rings. The van der Waals surface area contributed by atoms with Gasteiger partial charge in [-0.25, -0.2) is 4.68 Å². The highest BCUT2D eigenvalue weighted by atomic mass is 16.2. The van der Waals surface area contributed by atoms with Gasteiger partial charge in [0, 0.05) is 75.6 Å². The molecule has 1 aliphatic carbocycles. The number of hydrogen-bond acceptors (Lipinski definition) is 8. The minimum absolute atomic E-state index is 0.0605. The molecule has 4 fully saturated rings. The van der Waals surface area contributed by atoms with E-state index in [-0.39, 0.29) is 34.9 Å². The number of likely N-dealkylation sites (N-methyl/N-ethyl adjacent to an activating group) is 1. The van der Waals surface area contributed by atoms with Crippen molar-refractivity contribution in [2.45, 2.75) is 69.0 Å². The van der Waals surface area contributed by atoms with Gasteiger partial charge in [-0.05, 0) is 74.4 Å². The monoisotopic (exact) mass is 623 g/mol. The number of aryl methyl sites for hydroxylation is 1. The normalized spacial score (nSPS) is 25.0. The maximum Gasteiger partial charge on any atom is 0.271 e. The van der Waals surface area contributed by atoms with Crippen LogP contribution in [0.1, 0.15) is 66.2 Å². The predicted octanol–water partition coefficient (Wildman–Crippen LogP) is 3.36. The zero-order valence-electron chi connectivity index (χ0n) is 27.2. The lowest BCUT2D eigenvalue weighted by molar-refractivity contribution is -0.134. The molecule has 0 radical (unpaired) electrons. The molecule has 1 aromatic heterocycles. The largest absolute Gasteiger partial charge is 0.379 e. The topological polar surface area (TPSA) is 103 Å². The maximum absolute atomic E-state index is 12.5. The van der Waals surface area contributed by atoms with Crippen LogP contribution in [-0.4, -0.2) is 82.7 Å². The average molecular weight is 624 g/mol. The Hall–Kier alpha value is -4.02. The first kappa shape index (κ1) is 30.6. The van der Waals surface area contributed by atoms with Crippen LogP contribution >= 0.6 is 0 Å². The van der Waals surface area contributed by atoms with Gasteiger partial charge in [-0.15, -0.1) is 0 Å². The second kappa shape index (κ2) is 12.3. The van der Waals surface area contributed by atoms with Crippen LogP contribution in [0.2, 0.25) is 0 Å². The van der Waals surface area contributed by atoms with E-state index in [0.717, 1.165) is 56.9 Å². The Morgan fingerprint density at radius 1 is 1.00 bits per heavy atom. The summed E-state index contributed by atoms with van der Waals surface area (Å²) in [7, 11) is 3.86. The van der Waals surface area contributed by atoms with E-state index < -0.39 is 0 Å². The van der Waals surface area contributed by atoms with Gasteiger partial charge in [0.05, 0.1) is 17.8 Å². The van der Waals surface area contributed by atoms with Crippen LogP contribution in [0.15, 0.2) is 59.5 Å². The smallest absolute Gasteiger partial charge is 0.271 e. The van der Waals surface area contributed by atoms with Crippen LogP contribution in [0.3, 0.4) is 0 Å². The highest BCUT2D eigenvalue weighted by Gasteiger charge is 2.51. The minimum Gasteiger partial charge on any atom is -0.379 e. The number of carbonyl (C=O) groups excluding carboxylic acids is 2. The van der Waals surface area contributed by atoms with E-state index >= 15 is 0 Å². The number of imide groups is 1. The van der Waals surface area contributed by atoms with Crippen molar-refractivity contribution < 1.29 is 9.59 Å². The zero-order valence-corrected chi connectivity index (χ0v) is 27.2.